The van der Waals surface area contributed by atoms with E-state index < -0.39 is 0 Å². The van der Waals surface area contributed by atoms with E-state index in [0.29, 0.717) is 6.79 Å². The van der Waals surface area contributed by atoms with Gasteiger partial charge in [-0.3, -0.25) is 9.88 Å². The Bertz CT molecular complexity index is 572. The first-order valence-corrected chi connectivity index (χ1v) is 6.85. The molecule has 0 saturated heterocycles. The van der Waals surface area contributed by atoms with Gasteiger partial charge in [0, 0.05) is 25.5 Å². The van der Waals surface area contributed by atoms with Crippen LogP contribution in [0.5, 0.6) is 11.5 Å². The van der Waals surface area contributed by atoms with Crippen molar-refractivity contribution in [1.82, 2.24) is 9.88 Å². The van der Waals surface area contributed by atoms with Gasteiger partial charge in [-0.25, -0.2) is 0 Å². The first-order valence-electron chi connectivity index (χ1n) is 6.85. The van der Waals surface area contributed by atoms with Gasteiger partial charge in [0.25, 0.3) is 0 Å². The van der Waals surface area contributed by atoms with Crippen LogP contribution < -0.4 is 9.47 Å². The fourth-order valence-corrected chi connectivity index (χ4v) is 2.33. The molecule has 20 heavy (non-hydrogen) atoms. The van der Waals surface area contributed by atoms with Crippen molar-refractivity contribution < 1.29 is 9.47 Å². The highest BCUT2D eigenvalue weighted by molar-refractivity contribution is 5.44. The summed E-state index contributed by atoms with van der Waals surface area (Å²) >= 11 is 0. The highest BCUT2D eigenvalue weighted by Gasteiger charge is 2.14. The molecule has 1 aromatic carbocycles. The number of aromatic nitrogens is 1. The second kappa shape index (κ2) is 5.92. The summed E-state index contributed by atoms with van der Waals surface area (Å²) in [4.78, 5) is 6.53. The molecule has 0 aliphatic carbocycles. The molecular weight excluding hydrogens is 252 g/mol. The predicted molar refractivity (Wildman–Crippen MR) is 76.6 cm³/mol. The molecule has 0 amide bonds. The average molecular weight is 270 g/mol. The van der Waals surface area contributed by atoms with Gasteiger partial charge in [-0.15, -0.1) is 0 Å². The zero-order chi connectivity index (χ0) is 13.8. The van der Waals surface area contributed by atoms with E-state index in [1.807, 2.05) is 18.3 Å². The second-order valence-corrected chi connectivity index (χ2v) is 4.85. The van der Waals surface area contributed by atoms with Crippen LogP contribution in [0, 0.1) is 0 Å². The zero-order valence-electron chi connectivity index (χ0n) is 11.6. The SMILES string of the molecule is CCN(Cc1cccnc1)Cc1ccc2c(c1)OCO2. The molecule has 4 nitrogen and oxygen atoms in total. The number of hydrogen-bond acceptors (Lipinski definition) is 4. The Labute approximate surface area is 119 Å². The monoisotopic (exact) mass is 270 g/mol. The molecule has 2 aromatic rings. The molecule has 104 valence electrons. The van der Waals surface area contributed by atoms with Crippen LogP contribution in [0.1, 0.15) is 18.1 Å². The van der Waals surface area contributed by atoms with Crippen molar-refractivity contribution in [2.75, 3.05) is 13.3 Å². The van der Waals surface area contributed by atoms with Crippen molar-refractivity contribution in [3.8, 4) is 11.5 Å². The third kappa shape index (κ3) is 2.91. The van der Waals surface area contributed by atoms with Crippen molar-refractivity contribution in [3.63, 3.8) is 0 Å². The lowest BCUT2D eigenvalue weighted by Gasteiger charge is -2.20. The minimum atomic E-state index is 0.325. The topological polar surface area (TPSA) is 34.6 Å². The van der Waals surface area contributed by atoms with Gasteiger partial charge in [0.2, 0.25) is 6.79 Å². The van der Waals surface area contributed by atoms with Crippen molar-refractivity contribution >= 4 is 0 Å². The molecule has 0 unspecified atom stereocenters. The lowest BCUT2D eigenvalue weighted by Crippen LogP contribution is -2.22. The van der Waals surface area contributed by atoms with Crippen LogP contribution in [0.4, 0.5) is 0 Å². The Hall–Kier alpha value is -2.07. The summed E-state index contributed by atoms with van der Waals surface area (Å²) in [5.41, 5.74) is 2.47. The number of rotatable bonds is 5. The van der Waals surface area contributed by atoms with Crippen LogP contribution in [0.2, 0.25) is 0 Å². The van der Waals surface area contributed by atoms with E-state index in [-0.39, 0.29) is 0 Å². The predicted octanol–water partition coefficient (Wildman–Crippen LogP) is 2.83. The van der Waals surface area contributed by atoms with E-state index in [1.54, 1.807) is 6.20 Å². The Morgan fingerprint density at radius 3 is 2.75 bits per heavy atom. The molecule has 0 radical (unpaired) electrons. The molecule has 4 heteroatoms. The quantitative estimate of drug-likeness (QED) is 0.836. The van der Waals surface area contributed by atoms with Crippen LogP contribution in [0.25, 0.3) is 0 Å². The van der Waals surface area contributed by atoms with Crippen molar-refractivity contribution in [3.05, 3.63) is 53.9 Å². The Kier molecular flexibility index (Phi) is 3.83. The molecule has 0 N–H and O–H groups in total. The molecule has 3 rings (SSSR count). The molecule has 0 saturated carbocycles. The van der Waals surface area contributed by atoms with E-state index in [2.05, 4.69) is 35.0 Å². The van der Waals surface area contributed by atoms with Crippen LogP contribution in [-0.2, 0) is 13.1 Å². The van der Waals surface area contributed by atoms with Crippen molar-refractivity contribution in [2.24, 2.45) is 0 Å². The summed E-state index contributed by atoms with van der Waals surface area (Å²) in [6.45, 7) is 5.28. The van der Waals surface area contributed by atoms with Gasteiger partial charge in [-0.05, 0) is 35.9 Å². The summed E-state index contributed by atoms with van der Waals surface area (Å²) in [5.74, 6) is 1.68. The normalized spacial score (nSPS) is 12.9. The van der Waals surface area contributed by atoms with Crippen molar-refractivity contribution in [2.45, 2.75) is 20.0 Å². The summed E-state index contributed by atoms with van der Waals surface area (Å²) in [6, 6.07) is 10.2. The second-order valence-electron chi connectivity index (χ2n) is 4.85. The standard InChI is InChI=1S/C16H18N2O2/c1-2-18(11-14-4-3-7-17-9-14)10-13-5-6-15-16(8-13)20-12-19-15/h3-9H,2,10-12H2,1H3. The fourth-order valence-electron chi connectivity index (χ4n) is 2.33. The average Bonchev–Trinajstić information content (AvgIpc) is 2.95. The maximum atomic E-state index is 5.42. The van der Waals surface area contributed by atoms with Gasteiger partial charge in [0.05, 0.1) is 0 Å². The molecular formula is C16H18N2O2. The Morgan fingerprint density at radius 1 is 1.10 bits per heavy atom. The van der Waals surface area contributed by atoms with Gasteiger partial charge in [-0.1, -0.05) is 19.1 Å². The van der Waals surface area contributed by atoms with Crippen LogP contribution in [0.15, 0.2) is 42.7 Å². The molecule has 0 bridgehead atoms. The maximum absolute atomic E-state index is 5.42. The molecule has 1 aromatic heterocycles. The van der Waals surface area contributed by atoms with Crippen molar-refractivity contribution in [1.29, 1.82) is 0 Å². The number of fused-ring (bicyclic) bond motifs is 1. The van der Waals surface area contributed by atoms with E-state index >= 15 is 0 Å². The first-order chi connectivity index (χ1) is 9.85. The number of ether oxygens (including phenoxy) is 2. The highest BCUT2D eigenvalue weighted by Crippen LogP contribution is 2.32. The highest BCUT2D eigenvalue weighted by atomic mass is 16.7. The molecule has 0 atom stereocenters. The molecule has 1 aliphatic rings. The lowest BCUT2D eigenvalue weighted by molar-refractivity contribution is 0.174. The van der Waals surface area contributed by atoms with Crippen LogP contribution in [-0.4, -0.2) is 23.2 Å². The minimum Gasteiger partial charge on any atom is -0.454 e. The van der Waals surface area contributed by atoms with Gasteiger partial charge >= 0.3 is 0 Å². The van der Waals surface area contributed by atoms with E-state index in [1.165, 1.54) is 11.1 Å². The minimum absolute atomic E-state index is 0.325. The van der Waals surface area contributed by atoms with Gasteiger partial charge in [0.1, 0.15) is 0 Å². The van der Waals surface area contributed by atoms with E-state index in [9.17, 15) is 0 Å². The first kappa shape index (κ1) is 12.9. The third-order valence-electron chi connectivity index (χ3n) is 3.42. The summed E-state index contributed by atoms with van der Waals surface area (Å²) in [5, 5.41) is 0. The van der Waals surface area contributed by atoms with Crippen LogP contribution in [0.3, 0.4) is 0 Å². The largest absolute Gasteiger partial charge is 0.454 e. The Morgan fingerprint density at radius 2 is 1.95 bits per heavy atom. The smallest absolute Gasteiger partial charge is 0.231 e. The van der Waals surface area contributed by atoms with E-state index in [4.69, 9.17) is 9.47 Å². The zero-order valence-corrected chi connectivity index (χ0v) is 11.6. The van der Waals surface area contributed by atoms with Crippen LogP contribution >= 0.6 is 0 Å². The summed E-state index contributed by atoms with van der Waals surface area (Å²) in [6.07, 6.45) is 3.72. The molecule has 0 fully saturated rings. The number of nitrogens with zero attached hydrogens (tertiary/aromatic N) is 2. The lowest BCUT2D eigenvalue weighted by atomic mass is 10.1. The number of benzene rings is 1. The van der Waals surface area contributed by atoms with Gasteiger partial charge < -0.3 is 9.47 Å². The van der Waals surface area contributed by atoms with E-state index in [0.717, 1.165) is 31.1 Å². The van der Waals surface area contributed by atoms with Gasteiger partial charge in [0.15, 0.2) is 11.5 Å². The number of pyridine rings is 1. The summed E-state index contributed by atoms with van der Waals surface area (Å²) in [7, 11) is 0. The third-order valence-corrected chi connectivity index (χ3v) is 3.42. The molecule has 2 heterocycles. The Balaban J connectivity index is 1.68. The fraction of sp³-hybridized carbons (Fsp3) is 0.312. The number of hydrogen-bond donors (Lipinski definition) is 0. The maximum Gasteiger partial charge on any atom is 0.231 e. The summed E-state index contributed by atoms with van der Waals surface area (Å²) < 4.78 is 10.8. The van der Waals surface area contributed by atoms with Gasteiger partial charge in [-0.2, -0.15) is 0 Å². The molecule has 1 aliphatic heterocycles. The molecule has 0 spiro atoms.